The Morgan fingerprint density at radius 1 is 1.29 bits per heavy atom. The van der Waals surface area contributed by atoms with Crippen molar-refractivity contribution in [3.05, 3.63) is 48.0 Å². The minimum atomic E-state index is -3.10. The van der Waals surface area contributed by atoms with Crippen molar-refractivity contribution in [1.29, 1.82) is 0 Å². The van der Waals surface area contributed by atoms with Crippen LogP contribution < -0.4 is 10.0 Å². The van der Waals surface area contributed by atoms with Crippen molar-refractivity contribution in [2.45, 2.75) is 44.5 Å². The lowest BCUT2D eigenvalue weighted by Gasteiger charge is -2.15. The van der Waals surface area contributed by atoms with Crippen LogP contribution in [0.15, 0.2) is 36.7 Å². The molecule has 3 rings (SSSR count). The first-order valence-corrected chi connectivity index (χ1v) is 9.81. The van der Waals surface area contributed by atoms with Gasteiger partial charge in [0.25, 0.3) is 0 Å². The molecule has 6 nitrogen and oxygen atoms in total. The molecule has 1 aliphatic carbocycles. The molecule has 1 fully saturated rings. The van der Waals surface area contributed by atoms with E-state index in [1.165, 1.54) is 0 Å². The number of nitrogens with one attached hydrogen (secondary N) is 2. The van der Waals surface area contributed by atoms with Crippen LogP contribution in [0.1, 0.15) is 31.2 Å². The predicted molar refractivity (Wildman–Crippen MR) is 94.5 cm³/mol. The number of benzene rings is 1. The number of sulfonamides is 1. The third-order valence-corrected chi connectivity index (χ3v) is 6.17. The van der Waals surface area contributed by atoms with Crippen molar-refractivity contribution >= 4 is 10.0 Å². The van der Waals surface area contributed by atoms with E-state index >= 15 is 0 Å². The van der Waals surface area contributed by atoms with Gasteiger partial charge in [-0.05, 0) is 44.4 Å². The van der Waals surface area contributed by atoms with Gasteiger partial charge < -0.3 is 9.88 Å². The van der Waals surface area contributed by atoms with E-state index in [0.717, 1.165) is 29.9 Å². The molecule has 0 bridgehead atoms. The number of hydrogen-bond acceptors (Lipinski definition) is 4. The van der Waals surface area contributed by atoms with Crippen LogP contribution in [0, 0.1) is 6.92 Å². The minimum absolute atomic E-state index is 0.0779. The Bertz CT molecular complexity index is 779. The second-order valence-electron chi connectivity index (χ2n) is 6.39. The number of aryl methyl sites for hydroxylation is 1. The molecular weight excluding hydrogens is 324 g/mol. The molecule has 2 N–H and O–H groups in total. The molecule has 2 aromatic rings. The largest absolute Gasteiger partial charge is 0.309 e. The Balaban J connectivity index is 1.48. The Labute approximate surface area is 143 Å². The summed E-state index contributed by atoms with van der Waals surface area (Å²) >= 11 is 0. The van der Waals surface area contributed by atoms with Gasteiger partial charge in [-0.2, -0.15) is 0 Å². The van der Waals surface area contributed by atoms with Crippen molar-refractivity contribution in [2.24, 2.45) is 0 Å². The fourth-order valence-corrected chi connectivity index (χ4v) is 4.00. The van der Waals surface area contributed by atoms with E-state index in [2.05, 4.69) is 39.3 Å². The van der Waals surface area contributed by atoms with E-state index in [0.29, 0.717) is 13.1 Å². The summed E-state index contributed by atoms with van der Waals surface area (Å²) in [5, 5.41) is 3.19. The summed E-state index contributed by atoms with van der Waals surface area (Å²) in [7, 11) is -3.10. The van der Waals surface area contributed by atoms with Crippen molar-refractivity contribution in [2.75, 3.05) is 6.54 Å². The molecule has 0 spiro atoms. The molecule has 0 amide bonds. The zero-order chi connectivity index (χ0) is 17.2. The van der Waals surface area contributed by atoms with Crippen LogP contribution in [0.2, 0.25) is 0 Å². The van der Waals surface area contributed by atoms with E-state index in [9.17, 15) is 8.42 Å². The highest BCUT2D eigenvalue weighted by molar-refractivity contribution is 7.90. The first kappa shape index (κ1) is 17.1. The first-order chi connectivity index (χ1) is 11.5. The van der Waals surface area contributed by atoms with Gasteiger partial charge in [0.05, 0.1) is 5.25 Å². The summed E-state index contributed by atoms with van der Waals surface area (Å²) in [4.78, 5) is 4.23. The summed E-state index contributed by atoms with van der Waals surface area (Å²) in [5.41, 5.74) is 2.24. The minimum Gasteiger partial charge on any atom is -0.309 e. The molecule has 0 saturated heterocycles. The van der Waals surface area contributed by atoms with Crippen LogP contribution in [0.3, 0.4) is 0 Å². The molecule has 1 saturated carbocycles. The highest BCUT2D eigenvalue weighted by Crippen LogP contribution is 2.27. The Hall–Kier alpha value is -1.70. The monoisotopic (exact) mass is 348 g/mol. The fourth-order valence-electron chi connectivity index (χ4n) is 2.53. The molecule has 1 unspecified atom stereocenters. The third-order valence-electron chi connectivity index (χ3n) is 4.25. The molecule has 7 heteroatoms. The summed E-state index contributed by atoms with van der Waals surface area (Å²) in [6.07, 6.45) is 5.31. The maximum absolute atomic E-state index is 11.8. The Morgan fingerprint density at radius 3 is 2.58 bits per heavy atom. The zero-order valence-corrected chi connectivity index (χ0v) is 14.9. The van der Waals surface area contributed by atoms with Gasteiger partial charge in [0.2, 0.25) is 10.0 Å². The summed E-state index contributed by atoms with van der Waals surface area (Å²) in [5.74, 6) is 0.956. The van der Waals surface area contributed by atoms with Gasteiger partial charge in [-0.3, -0.25) is 0 Å². The molecule has 1 heterocycles. The van der Waals surface area contributed by atoms with Gasteiger partial charge in [-0.15, -0.1) is 0 Å². The number of hydrogen-bond donors (Lipinski definition) is 2. The van der Waals surface area contributed by atoms with Crippen molar-refractivity contribution in [3.8, 4) is 5.69 Å². The lowest BCUT2D eigenvalue weighted by molar-refractivity contribution is 0.524. The van der Waals surface area contributed by atoms with Gasteiger partial charge in [-0.1, -0.05) is 12.1 Å². The van der Waals surface area contributed by atoms with Gasteiger partial charge in [0, 0.05) is 37.2 Å². The number of aromatic nitrogens is 2. The van der Waals surface area contributed by atoms with Crippen LogP contribution >= 0.6 is 0 Å². The molecular formula is C17H24N4O2S. The lowest BCUT2D eigenvalue weighted by atomic mass is 10.2. The van der Waals surface area contributed by atoms with Gasteiger partial charge in [0.1, 0.15) is 5.82 Å². The molecule has 1 aromatic heterocycles. The van der Waals surface area contributed by atoms with Crippen molar-refractivity contribution in [1.82, 2.24) is 19.6 Å². The molecule has 0 aliphatic heterocycles. The van der Waals surface area contributed by atoms with E-state index in [-0.39, 0.29) is 11.3 Å². The smallest absolute Gasteiger partial charge is 0.214 e. The van der Waals surface area contributed by atoms with E-state index in [1.54, 1.807) is 6.20 Å². The van der Waals surface area contributed by atoms with Gasteiger partial charge in [-0.25, -0.2) is 18.1 Å². The van der Waals surface area contributed by atoms with Crippen LogP contribution in [-0.4, -0.2) is 35.8 Å². The highest BCUT2D eigenvalue weighted by Gasteiger charge is 2.35. The SMILES string of the molecule is Cc1nccn1-c1ccc(CNC(C)CNS(=O)(=O)C2CC2)cc1. The van der Waals surface area contributed by atoms with E-state index < -0.39 is 10.0 Å². The summed E-state index contributed by atoms with van der Waals surface area (Å²) < 4.78 is 28.3. The first-order valence-electron chi connectivity index (χ1n) is 8.27. The van der Waals surface area contributed by atoms with E-state index in [4.69, 9.17) is 0 Å². The number of nitrogens with zero attached hydrogens (tertiary/aromatic N) is 2. The second-order valence-corrected chi connectivity index (χ2v) is 8.43. The van der Waals surface area contributed by atoms with Crippen LogP contribution in [0.25, 0.3) is 5.69 Å². The quantitative estimate of drug-likeness (QED) is 0.762. The van der Waals surface area contributed by atoms with Crippen LogP contribution in [0.5, 0.6) is 0 Å². The zero-order valence-electron chi connectivity index (χ0n) is 14.1. The fraction of sp³-hybridized carbons (Fsp3) is 0.471. The van der Waals surface area contributed by atoms with Gasteiger partial charge in [0.15, 0.2) is 0 Å². The van der Waals surface area contributed by atoms with Crippen molar-refractivity contribution in [3.63, 3.8) is 0 Å². The van der Waals surface area contributed by atoms with E-state index in [1.807, 2.05) is 24.6 Å². The van der Waals surface area contributed by atoms with Gasteiger partial charge >= 0.3 is 0 Å². The maximum atomic E-state index is 11.8. The molecule has 1 aromatic carbocycles. The highest BCUT2D eigenvalue weighted by atomic mass is 32.2. The van der Waals surface area contributed by atoms with Crippen LogP contribution in [0.4, 0.5) is 0 Å². The summed E-state index contributed by atoms with van der Waals surface area (Å²) in [6, 6.07) is 8.35. The standard InChI is InChI=1S/C17H24N4O2S/c1-13(11-20-24(22,23)17-7-8-17)19-12-15-3-5-16(6-4-15)21-10-9-18-14(21)2/h3-6,9-10,13,17,19-20H,7-8,11-12H2,1-2H3. The molecule has 0 radical (unpaired) electrons. The Kier molecular flexibility index (Phi) is 5.03. The summed E-state index contributed by atoms with van der Waals surface area (Å²) in [6.45, 7) is 5.08. The Morgan fingerprint density at radius 2 is 2.00 bits per heavy atom. The molecule has 130 valence electrons. The topological polar surface area (TPSA) is 76.0 Å². The predicted octanol–water partition coefficient (Wildman–Crippen LogP) is 1.74. The molecule has 24 heavy (non-hydrogen) atoms. The lowest BCUT2D eigenvalue weighted by Crippen LogP contribution is -2.39. The molecule has 1 atom stereocenters. The van der Waals surface area contributed by atoms with Crippen LogP contribution in [-0.2, 0) is 16.6 Å². The third kappa shape index (κ3) is 4.23. The normalized spacial score (nSPS) is 16.2. The van der Waals surface area contributed by atoms with Crippen molar-refractivity contribution < 1.29 is 8.42 Å². The second kappa shape index (κ2) is 7.04. The maximum Gasteiger partial charge on any atom is 0.214 e. The number of imidazole rings is 1. The average Bonchev–Trinajstić information content (AvgIpc) is 3.35. The number of rotatable bonds is 8. The molecule has 1 aliphatic rings. The average molecular weight is 348 g/mol.